The number of anilines is 1. The van der Waals surface area contributed by atoms with Crippen LogP contribution in [0.3, 0.4) is 0 Å². The van der Waals surface area contributed by atoms with Crippen LogP contribution in [0.5, 0.6) is 0 Å². The summed E-state index contributed by atoms with van der Waals surface area (Å²) in [6.45, 7) is 7.59. The van der Waals surface area contributed by atoms with Crippen molar-refractivity contribution in [2.75, 3.05) is 18.4 Å². The lowest BCUT2D eigenvalue weighted by Gasteiger charge is -2.19. The lowest BCUT2D eigenvalue weighted by Crippen LogP contribution is -2.30. The fourth-order valence-corrected chi connectivity index (χ4v) is 2.50. The van der Waals surface area contributed by atoms with E-state index < -0.39 is 0 Å². The quantitative estimate of drug-likeness (QED) is 0.751. The van der Waals surface area contributed by atoms with Crippen LogP contribution in [0.1, 0.15) is 38.3 Å². The van der Waals surface area contributed by atoms with Crippen molar-refractivity contribution in [1.82, 2.24) is 5.32 Å². The highest BCUT2D eigenvalue weighted by atomic mass is 16.1. The van der Waals surface area contributed by atoms with Gasteiger partial charge in [-0.25, -0.2) is 0 Å². The molecule has 2 N–H and O–H groups in total. The third-order valence-electron chi connectivity index (χ3n) is 4.01. The fourth-order valence-electron chi connectivity index (χ4n) is 2.50. The number of carbonyl (C=O) groups excluding carboxylic acids is 1. The summed E-state index contributed by atoms with van der Waals surface area (Å²) >= 11 is 0. The second-order valence-electron chi connectivity index (χ2n) is 7.12. The highest BCUT2D eigenvalue weighted by Crippen LogP contribution is 2.23. The topological polar surface area (TPSA) is 41.1 Å². The smallest absolute Gasteiger partial charge is 0.239 e. The Hall–Kier alpha value is -2.29. The van der Waals surface area contributed by atoms with Gasteiger partial charge in [0.05, 0.1) is 6.54 Å². The number of hydrogen-bond acceptors (Lipinski definition) is 2. The van der Waals surface area contributed by atoms with Crippen molar-refractivity contribution in [3.05, 3.63) is 65.7 Å². The van der Waals surface area contributed by atoms with Crippen LogP contribution in [-0.4, -0.2) is 19.0 Å². The standard InChI is InChI=1S/C21H28N2O/c1-21(2,3)18-11-13-19(14-12-18)23-16-20(24)22-15-7-10-17-8-5-4-6-9-17/h4-6,8-9,11-14,23H,7,10,15-16H2,1-3H3,(H,22,24). The highest BCUT2D eigenvalue weighted by molar-refractivity contribution is 5.80. The molecule has 2 aromatic rings. The van der Waals surface area contributed by atoms with Gasteiger partial charge in [0.25, 0.3) is 0 Å². The van der Waals surface area contributed by atoms with E-state index in [9.17, 15) is 4.79 Å². The molecule has 0 fully saturated rings. The normalized spacial score (nSPS) is 11.1. The Labute approximate surface area is 145 Å². The molecule has 2 aromatic carbocycles. The Morgan fingerprint density at radius 2 is 1.62 bits per heavy atom. The number of carbonyl (C=O) groups is 1. The Morgan fingerprint density at radius 1 is 0.958 bits per heavy atom. The number of rotatable bonds is 7. The first-order valence-corrected chi connectivity index (χ1v) is 8.60. The minimum Gasteiger partial charge on any atom is -0.376 e. The minimum atomic E-state index is 0.0305. The van der Waals surface area contributed by atoms with Gasteiger partial charge in [-0.3, -0.25) is 4.79 Å². The molecule has 3 heteroatoms. The molecule has 2 rings (SSSR count). The van der Waals surface area contributed by atoms with Crippen LogP contribution < -0.4 is 10.6 Å². The average Bonchev–Trinajstić information content (AvgIpc) is 2.57. The molecule has 0 aliphatic rings. The first-order valence-electron chi connectivity index (χ1n) is 8.60. The van der Waals surface area contributed by atoms with E-state index in [1.165, 1.54) is 11.1 Å². The van der Waals surface area contributed by atoms with Gasteiger partial charge >= 0.3 is 0 Å². The highest BCUT2D eigenvalue weighted by Gasteiger charge is 2.12. The van der Waals surface area contributed by atoms with Crippen LogP contribution in [0.15, 0.2) is 54.6 Å². The average molecular weight is 324 g/mol. The van der Waals surface area contributed by atoms with E-state index in [1.807, 2.05) is 30.3 Å². The Balaban J connectivity index is 1.66. The van der Waals surface area contributed by atoms with E-state index in [0.29, 0.717) is 13.1 Å². The maximum atomic E-state index is 11.9. The minimum absolute atomic E-state index is 0.0305. The predicted octanol–water partition coefficient (Wildman–Crippen LogP) is 4.15. The van der Waals surface area contributed by atoms with Gasteiger partial charge < -0.3 is 10.6 Å². The zero-order valence-electron chi connectivity index (χ0n) is 14.9. The van der Waals surface area contributed by atoms with E-state index in [4.69, 9.17) is 0 Å². The van der Waals surface area contributed by atoms with Crippen molar-refractivity contribution >= 4 is 11.6 Å². The molecule has 0 radical (unpaired) electrons. The zero-order valence-corrected chi connectivity index (χ0v) is 14.9. The molecule has 0 aromatic heterocycles. The van der Waals surface area contributed by atoms with Crippen LogP contribution in [0, 0.1) is 0 Å². The molecule has 1 amide bonds. The van der Waals surface area contributed by atoms with Gasteiger partial charge in [-0.2, -0.15) is 0 Å². The van der Waals surface area contributed by atoms with Crippen LogP contribution in [-0.2, 0) is 16.6 Å². The Morgan fingerprint density at radius 3 is 2.25 bits per heavy atom. The number of aryl methyl sites for hydroxylation is 1. The van der Waals surface area contributed by atoms with Crippen molar-refractivity contribution in [3.8, 4) is 0 Å². The summed E-state index contributed by atoms with van der Waals surface area (Å²) in [7, 11) is 0. The number of amides is 1. The largest absolute Gasteiger partial charge is 0.376 e. The molecule has 0 saturated heterocycles. The van der Waals surface area contributed by atoms with Crippen molar-refractivity contribution in [3.63, 3.8) is 0 Å². The summed E-state index contributed by atoms with van der Waals surface area (Å²) in [5.41, 5.74) is 3.72. The summed E-state index contributed by atoms with van der Waals surface area (Å²) in [5, 5.41) is 6.13. The molecule has 0 saturated carbocycles. The van der Waals surface area contributed by atoms with E-state index in [1.54, 1.807) is 0 Å². The Bertz CT molecular complexity index is 627. The molecule has 0 aliphatic carbocycles. The molecular formula is C21H28N2O. The Kier molecular flexibility index (Phi) is 6.42. The fraction of sp³-hybridized carbons (Fsp3) is 0.381. The van der Waals surface area contributed by atoms with E-state index in [0.717, 1.165) is 18.5 Å². The molecule has 0 spiro atoms. The van der Waals surface area contributed by atoms with Gasteiger partial charge in [0.2, 0.25) is 5.91 Å². The molecule has 24 heavy (non-hydrogen) atoms. The first-order chi connectivity index (χ1) is 11.4. The number of hydrogen-bond donors (Lipinski definition) is 2. The predicted molar refractivity (Wildman–Crippen MR) is 101 cm³/mol. The second-order valence-corrected chi connectivity index (χ2v) is 7.12. The molecule has 3 nitrogen and oxygen atoms in total. The molecule has 128 valence electrons. The lowest BCUT2D eigenvalue weighted by atomic mass is 9.87. The summed E-state index contributed by atoms with van der Waals surface area (Å²) in [4.78, 5) is 11.9. The van der Waals surface area contributed by atoms with Crippen molar-refractivity contribution < 1.29 is 4.79 Å². The molecule has 0 unspecified atom stereocenters. The number of benzene rings is 2. The first kappa shape index (κ1) is 18.1. The number of nitrogens with one attached hydrogen (secondary N) is 2. The molecular weight excluding hydrogens is 296 g/mol. The summed E-state index contributed by atoms with van der Waals surface area (Å²) in [6, 6.07) is 18.6. The van der Waals surface area contributed by atoms with E-state index >= 15 is 0 Å². The van der Waals surface area contributed by atoms with Gasteiger partial charge in [0, 0.05) is 12.2 Å². The lowest BCUT2D eigenvalue weighted by molar-refractivity contribution is -0.119. The summed E-state index contributed by atoms with van der Waals surface area (Å²) < 4.78 is 0. The van der Waals surface area contributed by atoms with Crippen LogP contribution in [0.4, 0.5) is 5.69 Å². The third-order valence-corrected chi connectivity index (χ3v) is 4.01. The van der Waals surface area contributed by atoms with E-state index in [2.05, 4.69) is 55.7 Å². The van der Waals surface area contributed by atoms with Crippen LogP contribution in [0.2, 0.25) is 0 Å². The molecule has 0 bridgehead atoms. The summed E-state index contributed by atoms with van der Waals surface area (Å²) in [5.74, 6) is 0.0305. The van der Waals surface area contributed by atoms with Crippen LogP contribution in [0.25, 0.3) is 0 Å². The molecule has 0 heterocycles. The van der Waals surface area contributed by atoms with Gasteiger partial charge in [0.15, 0.2) is 0 Å². The van der Waals surface area contributed by atoms with Gasteiger partial charge in [-0.05, 0) is 41.5 Å². The van der Waals surface area contributed by atoms with Crippen molar-refractivity contribution in [1.29, 1.82) is 0 Å². The van der Waals surface area contributed by atoms with Crippen molar-refractivity contribution in [2.24, 2.45) is 0 Å². The third kappa shape index (κ3) is 6.07. The molecule has 0 atom stereocenters. The second kappa shape index (κ2) is 8.53. The van der Waals surface area contributed by atoms with Crippen LogP contribution >= 0.6 is 0 Å². The SMILES string of the molecule is CC(C)(C)c1ccc(NCC(=O)NCCCc2ccccc2)cc1. The van der Waals surface area contributed by atoms with Gasteiger partial charge in [0.1, 0.15) is 0 Å². The van der Waals surface area contributed by atoms with E-state index in [-0.39, 0.29) is 11.3 Å². The molecule has 0 aliphatic heterocycles. The maximum Gasteiger partial charge on any atom is 0.239 e. The summed E-state index contributed by atoms with van der Waals surface area (Å²) in [6.07, 6.45) is 1.94. The zero-order chi connectivity index (χ0) is 17.4. The maximum absolute atomic E-state index is 11.9. The van der Waals surface area contributed by atoms with Gasteiger partial charge in [-0.1, -0.05) is 63.2 Å². The monoisotopic (exact) mass is 324 g/mol. The van der Waals surface area contributed by atoms with Gasteiger partial charge in [-0.15, -0.1) is 0 Å². The van der Waals surface area contributed by atoms with Crippen molar-refractivity contribution in [2.45, 2.75) is 39.0 Å².